The first-order valence-corrected chi connectivity index (χ1v) is 9.49. The van der Waals surface area contributed by atoms with Crippen molar-refractivity contribution in [2.75, 3.05) is 0 Å². The molecule has 1 rings (SSSR count). The molecule has 0 spiro atoms. The largest absolute Gasteiger partial charge is 0.421 e. The number of rotatable bonds is 4. The van der Waals surface area contributed by atoms with Crippen molar-refractivity contribution in [3.05, 3.63) is 29.8 Å². The van der Waals surface area contributed by atoms with Gasteiger partial charge in [0.15, 0.2) is 0 Å². The molecule has 0 unspecified atom stereocenters. The fourth-order valence-corrected chi connectivity index (χ4v) is 2.02. The molecule has 0 radical (unpaired) electrons. The van der Waals surface area contributed by atoms with E-state index in [-0.39, 0.29) is 4.90 Å². The van der Waals surface area contributed by atoms with Gasteiger partial charge in [0.1, 0.15) is 0 Å². The number of halogens is 1. The Bertz CT molecular complexity index is 759. The maximum absolute atomic E-state index is 11.1. The van der Waals surface area contributed by atoms with Crippen LogP contribution < -0.4 is 0 Å². The van der Waals surface area contributed by atoms with Crippen molar-refractivity contribution in [1.82, 2.24) is 0 Å². The number of benzene rings is 1. The summed E-state index contributed by atoms with van der Waals surface area (Å²) in [5.74, 6) is -1.28. The van der Waals surface area contributed by atoms with Gasteiger partial charge < -0.3 is 9.47 Å². The second-order valence-electron chi connectivity index (χ2n) is 4.01. The number of hydrogen-bond acceptors (Lipinski definition) is 8. The number of esters is 2. The van der Waals surface area contributed by atoms with Gasteiger partial charge in [0.05, 0.1) is 4.90 Å². The van der Waals surface area contributed by atoms with Gasteiger partial charge in [-0.1, -0.05) is 12.1 Å². The number of ether oxygens (including phenoxy) is 2. The van der Waals surface area contributed by atoms with Gasteiger partial charge in [-0.25, -0.2) is 8.42 Å². The Morgan fingerprint density at radius 3 is 1.54 bits per heavy atom. The molecule has 0 amide bonds. The first kappa shape index (κ1) is 22.3. The van der Waals surface area contributed by atoms with Crippen LogP contribution in [0.4, 0.5) is 0 Å². The van der Waals surface area contributed by atoms with Crippen LogP contribution in [0.5, 0.6) is 0 Å². The predicted molar refractivity (Wildman–Crippen MR) is 79.9 cm³/mol. The van der Waals surface area contributed by atoms with Crippen LogP contribution >= 0.6 is 10.7 Å². The first-order valence-electron chi connectivity index (χ1n) is 5.79. The third-order valence-corrected chi connectivity index (χ3v) is 3.35. The first-order chi connectivity index (χ1) is 10.7. The predicted octanol–water partition coefficient (Wildman–Crippen LogP) is 1.09. The monoisotopic (exact) mass is 404 g/mol. The van der Waals surface area contributed by atoms with Gasteiger partial charge in [-0.05, 0) is 12.1 Å². The molecule has 24 heavy (non-hydrogen) atoms. The highest BCUT2D eigenvalue weighted by Crippen LogP contribution is 2.22. The standard InChI is InChI=1S/C11H11ClO6S.H2O4S/c1-7(13)17-11(18-8(2)14)9-3-5-10(6-4-9)19(12,15)16;1-5(2,3)4/h3-6,11H,1-2H3;(H2,1,2,3,4). The highest BCUT2D eigenvalue weighted by molar-refractivity contribution is 8.13. The van der Waals surface area contributed by atoms with Gasteiger partial charge in [0.2, 0.25) is 0 Å². The molecule has 13 heteroatoms. The average Bonchev–Trinajstić information content (AvgIpc) is 2.34. The summed E-state index contributed by atoms with van der Waals surface area (Å²) >= 11 is 0. The van der Waals surface area contributed by atoms with E-state index in [0.717, 1.165) is 13.8 Å². The fraction of sp³-hybridized carbons (Fsp3) is 0.273. The van der Waals surface area contributed by atoms with Gasteiger partial charge in [-0.2, -0.15) is 8.42 Å². The van der Waals surface area contributed by atoms with Crippen molar-refractivity contribution in [2.45, 2.75) is 25.0 Å². The van der Waals surface area contributed by atoms with Crippen molar-refractivity contribution < 1.29 is 45.0 Å². The Labute approximate surface area is 142 Å². The van der Waals surface area contributed by atoms with Crippen molar-refractivity contribution >= 4 is 42.1 Å². The van der Waals surface area contributed by atoms with Crippen molar-refractivity contribution in [3.63, 3.8) is 0 Å². The van der Waals surface area contributed by atoms with Gasteiger partial charge >= 0.3 is 22.3 Å². The van der Waals surface area contributed by atoms with E-state index in [0.29, 0.717) is 5.56 Å². The summed E-state index contributed by atoms with van der Waals surface area (Å²) in [6, 6.07) is 5.12. The Hall–Kier alpha value is -1.73. The smallest absolute Gasteiger partial charge is 0.394 e. The van der Waals surface area contributed by atoms with Gasteiger partial charge in [0.25, 0.3) is 15.3 Å². The molecule has 0 fully saturated rings. The minimum absolute atomic E-state index is 0.109. The molecule has 0 heterocycles. The summed E-state index contributed by atoms with van der Waals surface area (Å²) in [5, 5.41) is 0. The summed E-state index contributed by atoms with van der Waals surface area (Å²) in [4.78, 5) is 21.7. The number of carbonyl (C=O) groups excluding carboxylic acids is 2. The highest BCUT2D eigenvalue weighted by atomic mass is 35.7. The zero-order valence-electron chi connectivity index (χ0n) is 12.2. The molecule has 10 nitrogen and oxygen atoms in total. The zero-order chi connectivity index (χ0) is 19.1. The van der Waals surface area contributed by atoms with E-state index in [1.807, 2.05) is 0 Å². The molecule has 0 aliphatic heterocycles. The van der Waals surface area contributed by atoms with E-state index in [4.69, 9.17) is 37.7 Å². The molecule has 0 aliphatic carbocycles. The molecule has 0 aromatic heterocycles. The summed E-state index contributed by atoms with van der Waals surface area (Å²) in [7, 11) is -3.34. The van der Waals surface area contributed by atoms with Crippen LogP contribution in [0, 0.1) is 0 Å². The normalized spacial score (nSPS) is 11.2. The molecular formula is C11H13ClO10S2. The molecule has 0 aliphatic rings. The number of hydrogen-bond donors (Lipinski definition) is 2. The molecule has 1 aromatic carbocycles. The highest BCUT2D eigenvalue weighted by Gasteiger charge is 2.19. The topological polar surface area (TPSA) is 161 Å². The van der Waals surface area contributed by atoms with Crippen LogP contribution in [-0.4, -0.2) is 37.9 Å². The maximum atomic E-state index is 11.1. The van der Waals surface area contributed by atoms with Crippen LogP contribution in [0.3, 0.4) is 0 Å². The van der Waals surface area contributed by atoms with Crippen LogP contribution in [0.1, 0.15) is 25.7 Å². The van der Waals surface area contributed by atoms with Crippen LogP contribution in [0.2, 0.25) is 0 Å². The Kier molecular flexibility index (Phi) is 8.29. The van der Waals surface area contributed by atoms with Crippen LogP contribution in [-0.2, 0) is 38.5 Å². The van der Waals surface area contributed by atoms with E-state index in [9.17, 15) is 18.0 Å². The SMILES string of the molecule is CC(=O)OC(OC(C)=O)c1ccc(S(=O)(=O)Cl)cc1.O=S(=O)(O)O. The molecule has 0 saturated heterocycles. The lowest BCUT2D eigenvalue weighted by Gasteiger charge is -2.16. The molecule has 1 aromatic rings. The van der Waals surface area contributed by atoms with Gasteiger partial charge in [-0.3, -0.25) is 18.7 Å². The fourth-order valence-electron chi connectivity index (χ4n) is 1.25. The zero-order valence-corrected chi connectivity index (χ0v) is 14.6. The minimum Gasteiger partial charge on any atom is -0.421 e. The lowest BCUT2D eigenvalue weighted by molar-refractivity contribution is -0.186. The van der Waals surface area contributed by atoms with E-state index >= 15 is 0 Å². The van der Waals surface area contributed by atoms with Crippen molar-refractivity contribution in [1.29, 1.82) is 0 Å². The number of carbonyl (C=O) groups is 2. The van der Waals surface area contributed by atoms with E-state index < -0.39 is 37.7 Å². The Morgan fingerprint density at radius 2 is 1.29 bits per heavy atom. The molecule has 136 valence electrons. The quantitative estimate of drug-likeness (QED) is 0.321. The van der Waals surface area contributed by atoms with Crippen LogP contribution in [0.25, 0.3) is 0 Å². The third-order valence-electron chi connectivity index (χ3n) is 1.98. The molecule has 0 atom stereocenters. The lowest BCUT2D eigenvalue weighted by atomic mass is 10.2. The second-order valence-corrected chi connectivity index (χ2v) is 7.47. The van der Waals surface area contributed by atoms with Crippen molar-refractivity contribution in [3.8, 4) is 0 Å². The second kappa shape index (κ2) is 8.94. The van der Waals surface area contributed by atoms with E-state index in [1.54, 1.807) is 0 Å². The maximum Gasteiger partial charge on any atom is 0.394 e. The summed E-state index contributed by atoms with van der Waals surface area (Å²) in [6.07, 6.45) is -1.22. The van der Waals surface area contributed by atoms with Crippen molar-refractivity contribution in [2.24, 2.45) is 0 Å². The van der Waals surface area contributed by atoms with E-state index in [2.05, 4.69) is 0 Å². The molecule has 2 N–H and O–H groups in total. The Balaban J connectivity index is 0.000000922. The lowest BCUT2D eigenvalue weighted by Crippen LogP contribution is -2.15. The summed E-state index contributed by atoms with van der Waals surface area (Å²) < 4.78 is 63.3. The summed E-state index contributed by atoms with van der Waals surface area (Å²) in [6.45, 7) is 2.32. The van der Waals surface area contributed by atoms with E-state index in [1.165, 1.54) is 24.3 Å². The molecule has 0 saturated carbocycles. The third kappa shape index (κ3) is 10.9. The summed E-state index contributed by atoms with van der Waals surface area (Å²) in [5.41, 5.74) is 0.314. The molecule has 0 bridgehead atoms. The van der Waals surface area contributed by atoms with Crippen LogP contribution in [0.15, 0.2) is 29.2 Å². The van der Waals surface area contributed by atoms with Gasteiger partial charge in [0, 0.05) is 30.1 Å². The van der Waals surface area contributed by atoms with Gasteiger partial charge in [-0.15, -0.1) is 0 Å². The molecular weight excluding hydrogens is 392 g/mol. The Morgan fingerprint density at radius 1 is 0.958 bits per heavy atom. The minimum atomic E-state index is -4.67. The average molecular weight is 405 g/mol.